The first-order chi connectivity index (χ1) is 9.11. The lowest BCUT2D eigenvalue weighted by Gasteiger charge is -2.37. The molecule has 0 spiro atoms. The van der Waals surface area contributed by atoms with Gasteiger partial charge in [-0.1, -0.05) is 6.07 Å². The van der Waals surface area contributed by atoms with E-state index in [9.17, 15) is 9.18 Å². The van der Waals surface area contributed by atoms with Crippen LogP contribution < -0.4 is 5.73 Å². The Morgan fingerprint density at radius 2 is 2.05 bits per heavy atom. The van der Waals surface area contributed by atoms with Gasteiger partial charge in [0, 0.05) is 44.3 Å². The number of nitrogens with zero attached hydrogens (tertiary/aromatic N) is 2. The third-order valence-electron chi connectivity index (χ3n) is 3.64. The zero-order valence-electron chi connectivity index (χ0n) is 11.2. The first kappa shape index (κ1) is 14.0. The van der Waals surface area contributed by atoms with Gasteiger partial charge in [0.15, 0.2) is 0 Å². The van der Waals surface area contributed by atoms with Gasteiger partial charge in [-0.2, -0.15) is 0 Å². The van der Waals surface area contributed by atoms with E-state index in [1.807, 2.05) is 0 Å². The quantitative estimate of drug-likeness (QED) is 0.884. The standard InChI is InChI=1S/C14H20FN3O/c1-11(10-16)17-5-7-18(8-6-17)14(19)12-3-2-4-13(15)9-12/h2-4,9,11H,5-8,10,16H2,1H3. The normalized spacial score (nSPS) is 18.4. The lowest BCUT2D eigenvalue weighted by Crippen LogP contribution is -2.52. The fourth-order valence-electron chi connectivity index (χ4n) is 2.32. The van der Waals surface area contributed by atoms with E-state index in [-0.39, 0.29) is 11.7 Å². The predicted molar refractivity (Wildman–Crippen MR) is 72.4 cm³/mol. The second-order valence-electron chi connectivity index (χ2n) is 4.92. The van der Waals surface area contributed by atoms with Crippen LogP contribution in [-0.4, -0.2) is 54.5 Å². The van der Waals surface area contributed by atoms with Crippen molar-refractivity contribution in [1.29, 1.82) is 0 Å². The van der Waals surface area contributed by atoms with Crippen molar-refractivity contribution >= 4 is 5.91 Å². The topological polar surface area (TPSA) is 49.6 Å². The summed E-state index contributed by atoms with van der Waals surface area (Å²) in [7, 11) is 0. The highest BCUT2D eigenvalue weighted by Gasteiger charge is 2.24. The molecule has 0 bridgehead atoms. The number of carbonyl (C=O) groups is 1. The Balaban J connectivity index is 1.96. The van der Waals surface area contributed by atoms with E-state index < -0.39 is 0 Å². The number of amides is 1. The van der Waals surface area contributed by atoms with Crippen LogP contribution in [0.3, 0.4) is 0 Å². The van der Waals surface area contributed by atoms with Crippen molar-refractivity contribution in [2.24, 2.45) is 5.73 Å². The SMILES string of the molecule is CC(CN)N1CCN(C(=O)c2cccc(F)c2)CC1. The van der Waals surface area contributed by atoms with E-state index in [2.05, 4.69) is 11.8 Å². The summed E-state index contributed by atoms with van der Waals surface area (Å²) < 4.78 is 13.1. The molecule has 0 radical (unpaired) electrons. The molecule has 5 heteroatoms. The van der Waals surface area contributed by atoms with E-state index in [4.69, 9.17) is 5.73 Å². The summed E-state index contributed by atoms with van der Waals surface area (Å²) in [5.41, 5.74) is 6.06. The summed E-state index contributed by atoms with van der Waals surface area (Å²) in [4.78, 5) is 16.3. The van der Waals surface area contributed by atoms with Gasteiger partial charge in [-0.25, -0.2) is 4.39 Å². The molecule has 1 heterocycles. The molecule has 1 unspecified atom stereocenters. The van der Waals surface area contributed by atoms with Gasteiger partial charge in [0.1, 0.15) is 5.82 Å². The number of hydrogen-bond acceptors (Lipinski definition) is 3. The highest BCUT2D eigenvalue weighted by atomic mass is 19.1. The van der Waals surface area contributed by atoms with Gasteiger partial charge in [0.2, 0.25) is 0 Å². The summed E-state index contributed by atoms with van der Waals surface area (Å²) in [6.07, 6.45) is 0. The van der Waals surface area contributed by atoms with Crippen molar-refractivity contribution in [1.82, 2.24) is 9.80 Å². The average molecular weight is 265 g/mol. The minimum Gasteiger partial charge on any atom is -0.336 e. The molecule has 1 amide bonds. The number of carbonyl (C=O) groups excluding carboxylic acids is 1. The molecule has 1 saturated heterocycles. The van der Waals surface area contributed by atoms with Gasteiger partial charge in [0.25, 0.3) is 5.91 Å². The van der Waals surface area contributed by atoms with Crippen molar-refractivity contribution in [3.05, 3.63) is 35.6 Å². The van der Waals surface area contributed by atoms with Crippen LogP contribution in [0.15, 0.2) is 24.3 Å². The Morgan fingerprint density at radius 3 is 2.63 bits per heavy atom. The Hall–Kier alpha value is -1.46. The van der Waals surface area contributed by atoms with E-state index in [1.54, 1.807) is 17.0 Å². The van der Waals surface area contributed by atoms with Crippen LogP contribution in [0.2, 0.25) is 0 Å². The molecule has 19 heavy (non-hydrogen) atoms. The predicted octanol–water partition coefficient (Wildman–Crippen LogP) is 0.931. The molecule has 1 atom stereocenters. The van der Waals surface area contributed by atoms with Gasteiger partial charge in [0.05, 0.1) is 0 Å². The summed E-state index contributed by atoms with van der Waals surface area (Å²) in [5, 5.41) is 0. The maximum atomic E-state index is 13.1. The fourth-order valence-corrected chi connectivity index (χ4v) is 2.32. The number of benzene rings is 1. The van der Waals surface area contributed by atoms with Crippen molar-refractivity contribution in [2.75, 3.05) is 32.7 Å². The summed E-state index contributed by atoms with van der Waals surface area (Å²) in [6, 6.07) is 6.19. The summed E-state index contributed by atoms with van der Waals surface area (Å²) in [5.74, 6) is -0.471. The van der Waals surface area contributed by atoms with Gasteiger partial charge in [-0.3, -0.25) is 9.69 Å². The molecule has 104 valence electrons. The van der Waals surface area contributed by atoms with E-state index in [0.29, 0.717) is 31.2 Å². The van der Waals surface area contributed by atoms with Crippen molar-refractivity contribution in [3.63, 3.8) is 0 Å². The maximum absolute atomic E-state index is 13.1. The minimum absolute atomic E-state index is 0.0976. The first-order valence-corrected chi connectivity index (χ1v) is 6.61. The zero-order chi connectivity index (χ0) is 13.8. The Labute approximate surface area is 113 Å². The smallest absolute Gasteiger partial charge is 0.254 e. The third-order valence-corrected chi connectivity index (χ3v) is 3.64. The molecule has 4 nitrogen and oxygen atoms in total. The maximum Gasteiger partial charge on any atom is 0.254 e. The molecule has 1 aromatic rings. The average Bonchev–Trinajstić information content (AvgIpc) is 2.46. The van der Waals surface area contributed by atoms with Crippen LogP contribution in [0.1, 0.15) is 17.3 Å². The summed E-state index contributed by atoms with van der Waals surface area (Å²) >= 11 is 0. The molecule has 2 rings (SSSR count). The number of halogens is 1. The highest BCUT2D eigenvalue weighted by molar-refractivity contribution is 5.94. The van der Waals surface area contributed by atoms with Crippen LogP contribution in [0.4, 0.5) is 4.39 Å². The second kappa shape index (κ2) is 6.12. The largest absolute Gasteiger partial charge is 0.336 e. The number of nitrogens with two attached hydrogens (primary N) is 1. The number of rotatable bonds is 3. The van der Waals surface area contributed by atoms with Gasteiger partial charge < -0.3 is 10.6 Å². The Kier molecular flexibility index (Phi) is 4.50. The molecule has 0 saturated carbocycles. The van der Waals surface area contributed by atoms with Crippen LogP contribution >= 0.6 is 0 Å². The van der Waals surface area contributed by atoms with Crippen LogP contribution in [0.5, 0.6) is 0 Å². The van der Waals surface area contributed by atoms with Gasteiger partial charge in [-0.05, 0) is 25.1 Å². The zero-order valence-corrected chi connectivity index (χ0v) is 11.2. The van der Waals surface area contributed by atoms with E-state index in [1.165, 1.54) is 12.1 Å². The van der Waals surface area contributed by atoms with Crippen molar-refractivity contribution in [3.8, 4) is 0 Å². The van der Waals surface area contributed by atoms with Crippen LogP contribution in [-0.2, 0) is 0 Å². The molecule has 1 aliphatic heterocycles. The van der Waals surface area contributed by atoms with E-state index >= 15 is 0 Å². The number of hydrogen-bond donors (Lipinski definition) is 1. The van der Waals surface area contributed by atoms with E-state index in [0.717, 1.165) is 13.1 Å². The lowest BCUT2D eigenvalue weighted by molar-refractivity contribution is 0.0588. The molecular weight excluding hydrogens is 245 g/mol. The van der Waals surface area contributed by atoms with Gasteiger partial charge >= 0.3 is 0 Å². The van der Waals surface area contributed by atoms with Crippen LogP contribution in [0.25, 0.3) is 0 Å². The molecule has 2 N–H and O–H groups in total. The minimum atomic E-state index is -0.374. The Morgan fingerprint density at radius 1 is 1.37 bits per heavy atom. The highest BCUT2D eigenvalue weighted by Crippen LogP contribution is 2.11. The van der Waals surface area contributed by atoms with Crippen molar-refractivity contribution < 1.29 is 9.18 Å². The molecule has 1 aliphatic rings. The molecule has 1 aromatic carbocycles. The van der Waals surface area contributed by atoms with Crippen molar-refractivity contribution in [2.45, 2.75) is 13.0 Å². The number of piperazine rings is 1. The third kappa shape index (κ3) is 3.30. The second-order valence-corrected chi connectivity index (χ2v) is 4.92. The summed E-state index contributed by atoms with van der Waals surface area (Å²) in [6.45, 7) is 5.68. The Bertz CT molecular complexity index is 444. The lowest BCUT2D eigenvalue weighted by atomic mass is 10.1. The first-order valence-electron chi connectivity index (χ1n) is 6.61. The molecule has 0 aliphatic carbocycles. The fraction of sp³-hybridized carbons (Fsp3) is 0.500. The molecule has 0 aromatic heterocycles. The molecule has 1 fully saturated rings. The van der Waals surface area contributed by atoms with Crippen LogP contribution in [0, 0.1) is 5.82 Å². The molecular formula is C14H20FN3O. The van der Waals surface area contributed by atoms with Gasteiger partial charge in [-0.15, -0.1) is 0 Å². The monoisotopic (exact) mass is 265 g/mol.